The van der Waals surface area contributed by atoms with Crippen LogP contribution in [0.4, 0.5) is 0 Å². The van der Waals surface area contributed by atoms with Gasteiger partial charge in [-0.1, -0.05) is 0 Å². The van der Waals surface area contributed by atoms with Crippen LogP contribution in [-0.2, 0) is 61.8 Å². The predicted molar refractivity (Wildman–Crippen MR) is 106 cm³/mol. The summed E-state index contributed by atoms with van der Waals surface area (Å²) in [7, 11) is -3.65. The summed E-state index contributed by atoms with van der Waals surface area (Å²) >= 11 is 0. The molecule has 13 heteroatoms. The van der Waals surface area contributed by atoms with E-state index in [2.05, 4.69) is 4.74 Å². The number of carbonyl (C=O) groups excluding carboxylic acids is 4. The summed E-state index contributed by atoms with van der Waals surface area (Å²) in [5.41, 5.74) is -0.505. The molecule has 0 saturated heterocycles. The maximum Gasteiger partial charge on any atom is 0.341 e. The van der Waals surface area contributed by atoms with E-state index in [4.69, 9.17) is 14.2 Å². The number of carbonyl (C=O) groups is 4. The third kappa shape index (κ3) is 7.70. The van der Waals surface area contributed by atoms with E-state index in [9.17, 15) is 32.1 Å². The van der Waals surface area contributed by atoms with Crippen molar-refractivity contribution in [1.29, 1.82) is 0 Å². The second kappa shape index (κ2) is 12.5. The maximum atomic E-state index is 12.1. The number of esters is 4. The zero-order valence-corrected chi connectivity index (χ0v) is 21.1. The standard InChI is InChI=1S/C20H18O11S.Y/c1-3-29-20(24)15-9-8-14(10-16(15)32(25,26)27)19(23)31-11-30-18(22)13-6-4-12(5-7-13)17(21)28-2;/h4-10H,3,11H2,1-2H3,(H,25,26,27);. The molecule has 33 heavy (non-hydrogen) atoms. The largest absolute Gasteiger partial charge is 0.465 e. The quantitative estimate of drug-likeness (QED) is 0.219. The normalized spacial score (nSPS) is 10.4. The monoisotopic (exact) mass is 555 g/mol. The van der Waals surface area contributed by atoms with Gasteiger partial charge in [0, 0.05) is 32.7 Å². The molecule has 0 aliphatic rings. The Morgan fingerprint density at radius 1 is 0.788 bits per heavy atom. The maximum absolute atomic E-state index is 12.1. The molecule has 0 aliphatic carbocycles. The summed E-state index contributed by atoms with van der Waals surface area (Å²) in [5.74, 6) is -3.53. The first-order valence-corrected chi connectivity index (χ1v) is 10.3. The van der Waals surface area contributed by atoms with E-state index in [0.717, 1.165) is 18.2 Å². The minimum absolute atomic E-state index is 0. The second-order valence-electron chi connectivity index (χ2n) is 5.96. The molecular formula is C20H18O11SY. The van der Waals surface area contributed by atoms with Gasteiger partial charge in [-0.3, -0.25) is 4.55 Å². The van der Waals surface area contributed by atoms with Gasteiger partial charge in [-0.2, -0.15) is 8.42 Å². The predicted octanol–water partition coefficient (Wildman–Crippen LogP) is 1.87. The van der Waals surface area contributed by atoms with Gasteiger partial charge in [0.25, 0.3) is 10.1 Å². The van der Waals surface area contributed by atoms with Crippen LogP contribution in [0.3, 0.4) is 0 Å². The molecule has 0 atom stereocenters. The Morgan fingerprint density at radius 2 is 1.27 bits per heavy atom. The Hall–Kier alpha value is -2.67. The fourth-order valence-corrected chi connectivity index (χ4v) is 3.11. The smallest absolute Gasteiger partial charge is 0.341 e. The third-order valence-corrected chi connectivity index (χ3v) is 4.81. The minimum atomic E-state index is -4.86. The van der Waals surface area contributed by atoms with Gasteiger partial charge in [-0.05, 0) is 49.4 Å². The van der Waals surface area contributed by atoms with Crippen molar-refractivity contribution in [2.75, 3.05) is 20.5 Å². The van der Waals surface area contributed by atoms with Gasteiger partial charge in [0.2, 0.25) is 6.79 Å². The Morgan fingerprint density at radius 3 is 1.76 bits per heavy atom. The summed E-state index contributed by atoms with van der Waals surface area (Å²) in [5, 5.41) is 0. The van der Waals surface area contributed by atoms with Crippen molar-refractivity contribution in [3.63, 3.8) is 0 Å². The van der Waals surface area contributed by atoms with Gasteiger partial charge in [0.15, 0.2) is 0 Å². The molecular weight excluding hydrogens is 537 g/mol. The second-order valence-corrected chi connectivity index (χ2v) is 7.35. The van der Waals surface area contributed by atoms with Gasteiger partial charge < -0.3 is 18.9 Å². The molecule has 0 aliphatic heterocycles. The van der Waals surface area contributed by atoms with Crippen LogP contribution < -0.4 is 0 Å². The fourth-order valence-electron chi connectivity index (χ4n) is 2.40. The molecule has 0 unspecified atom stereocenters. The number of methoxy groups -OCH3 is 1. The van der Waals surface area contributed by atoms with Crippen LogP contribution in [-0.4, -0.2) is 57.4 Å². The fraction of sp³-hybridized carbons (Fsp3) is 0.200. The average Bonchev–Trinajstić information content (AvgIpc) is 2.77. The molecule has 0 amide bonds. The van der Waals surface area contributed by atoms with Gasteiger partial charge in [-0.25, -0.2) is 19.2 Å². The van der Waals surface area contributed by atoms with Crippen LogP contribution in [0, 0.1) is 0 Å². The van der Waals surface area contributed by atoms with Crippen LogP contribution in [0.5, 0.6) is 0 Å². The number of hydrogen-bond donors (Lipinski definition) is 1. The van der Waals surface area contributed by atoms with Crippen molar-refractivity contribution in [3.05, 3.63) is 64.7 Å². The molecule has 2 aromatic carbocycles. The minimum Gasteiger partial charge on any atom is -0.465 e. The summed E-state index contributed by atoms with van der Waals surface area (Å²) in [6.07, 6.45) is 0. The van der Waals surface area contributed by atoms with E-state index in [0.29, 0.717) is 0 Å². The third-order valence-electron chi connectivity index (χ3n) is 3.91. The molecule has 11 nitrogen and oxygen atoms in total. The summed E-state index contributed by atoms with van der Waals surface area (Å²) in [6, 6.07) is 8.10. The number of rotatable bonds is 8. The van der Waals surface area contributed by atoms with Gasteiger partial charge in [0.1, 0.15) is 4.90 Å². The van der Waals surface area contributed by atoms with Crippen molar-refractivity contribution in [3.8, 4) is 0 Å². The zero-order valence-electron chi connectivity index (χ0n) is 17.5. The van der Waals surface area contributed by atoms with E-state index in [1.165, 1.54) is 38.3 Å². The Labute approximate surface area is 214 Å². The van der Waals surface area contributed by atoms with E-state index in [-0.39, 0.29) is 56.0 Å². The van der Waals surface area contributed by atoms with Gasteiger partial charge >= 0.3 is 23.9 Å². The van der Waals surface area contributed by atoms with Gasteiger partial charge in [-0.15, -0.1) is 0 Å². The van der Waals surface area contributed by atoms with E-state index < -0.39 is 51.2 Å². The van der Waals surface area contributed by atoms with Crippen molar-refractivity contribution in [2.45, 2.75) is 11.8 Å². The van der Waals surface area contributed by atoms with Crippen LogP contribution in [0.15, 0.2) is 47.4 Å². The van der Waals surface area contributed by atoms with Crippen molar-refractivity contribution >= 4 is 34.0 Å². The Kier molecular flexibility index (Phi) is 10.8. The molecule has 2 aromatic rings. The first-order chi connectivity index (χ1) is 15.1. The molecule has 0 spiro atoms. The summed E-state index contributed by atoms with van der Waals surface area (Å²) in [6.45, 7) is 0.660. The molecule has 0 fully saturated rings. The molecule has 0 heterocycles. The molecule has 0 aromatic heterocycles. The summed E-state index contributed by atoms with van der Waals surface area (Å²) in [4.78, 5) is 46.5. The average molecular weight is 555 g/mol. The molecule has 1 radical (unpaired) electrons. The van der Waals surface area contributed by atoms with Crippen molar-refractivity contribution in [2.24, 2.45) is 0 Å². The number of benzene rings is 2. The van der Waals surface area contributed by atoms with Crippen LogP contribution >= 0.6 is 0 Å². The van der Waals surface area contributed by atoms with Gasteiger partial charge in [0.05, 0.1) is 36.0 Å². The van der Waals surface area contributed by atoms with E-state index in [1.807, 2.05) is 0 Å². The Bertz CT molecular complexity index is 1140. The first kappa shape index (κ1) is 28.4. The topological polar surface area (TPSA) is 160 Å². The van der Waals surface area contributed by atoms with Crippen LogP contribution in [0.2, 0.25) is 0 Å². The molecule has 0 bridgehead atoms. The van der Waals surface area contributed by atoms with Crippen molar-refractivity contribution in [1.82, 2.24) is 0 Å². The first-order valence-electron chi connectivity index (χ1n) is 8.89. The number of hydrogen-bond acceptors (Lipinski definition) is 10. The van der Waals surface area contributed by atoms with Crippen LogP contribution in [0.1, 0.15) is 48.4 Å². The number of ether oxygens (including phenoxy) is 4. The van der Waals surface area contributed by atoms with E-state index >= 15 is 0 Å². The van der Waals surface area contributed by atoms with Crippen LogP contribution in [0.25, 0.3) is 0 Å². The molecule has 173 valence electrons. The molecule has 0 saturated carbocycles. The SMILES string of the molecule is CCOC(=O)c1ccc(C(=O)OCOC(=O)c2ccc(C(=O)OC)cc2)cc1S(=O)(=O)O.[Y]. The van der Waals surface area contributed by atoms with E-state index in [1.54, 1.807) is 0 Å². The summed E-state index contributed by atoms with van der Waals surface area (Å²) < 4.78 is 51.3. The van der Waals surface area contributed by atoms with Crippen molar-refractivity contribution < 1.29 is 83.8 Å². The Balaban J connectivity index is 0.00000544. The zero-order chi connectivity index (χ0) is 23.9. The molecule has 1 N–H and O–H groups in total. The molecule has 2 rings (SSSR count).